The van der Waals surface area contributed by atoms with Crippen molar-refractivity contribution in [1.82, 2.24) is 5.32 Å². The molecule has 4 heteroatoms. The first kappa shape index (κ1) is 15.7. The van der Waals surface area contributed by atoms with Gasteiger partial charge in [0.05, 0.1) is 6.61 Å². The van der Waals surface area contributed by atoms with E-state index in [1.54, 1.807) is 11.3 Å². The molecule has 1 atom stereocenters. The maximum atomic E-state index is 5.53. The van der Waals surface area contributed by atoms with Crippen LogP contribution in [-0.4, -0.2) is 6.61 Å². The number of thiophene rings is 1. The lowest BCUT2D eigenvalue weighted by atomic mass is 10.1. The molecule has 20 heavy (non-hydrogen) atoms. The maximum Gasteiger partial charge on any atom is 0.0719 e. The van der Waals surface area contributed by atoms with Crippen LogP contribution in [-0.2, 0) is 17.9 Å². The molecule has 0 amide bonds. The largest absolute Gasteiger partial charge is 0.377 e. The van der Waals surface area contributed by atoms with Crippen LogP contribution in [0, 0.1) is 0 Å². The van der Waals surface area contributed by atoms with E-state index < -0.39 is 0 Å². The summed E-state index contributed by atoms with van der Waals surface area (Å²) in [5.41, 5.74) is 2.57. The zero-order valence-electron chi connectivity index (χ0n) is 11.9. The summed E-state index contributed by atoms with van der Waals surface area (Å²) in [6.07, 6.45) is 0. The third-order valence-corrected chi connectivity index (χ3v) is 5.27. The maximum absolute atomic E-state index is 5.53. The van der Waals surface area contributed by atoms with Crippen LogP contribution in [0.15, 0.2) is 40.2 Å². The van der Waals surface area contributed by atoms with Gasteiger partial charge in [0.2, 0.25) is 0 Å². The van der Waals surface area contributed by atoms with Crippen molar-refractivity contribution in [2.24, 2.45) is 0 Å². The molecular weight excluding hydrogens is 334 g/mol. The SMILES string of the molecule is CCOCc1ccccc1CNC(C)c1sccc1Br. The van der Waals surface area contributed by atoms with Crippen LogP contribution in [0.5, 0.6) is 0 Å². The zero-order chi connectivity index (χ0) is 14.4. The van der Waals surface area contributed by atoms with Crippen molar-refractivity contribution in [2.75, 3.05) is 6.61 Å². The first-order valence-corrected chi connectivity index (χ1v) is 8.50. The fourth-order valence-electron chi connectivity index (χ4n) is 2.05. The summed E-state index contributed by atoms with van der Waals surface area (Å²) >= 11 is 5.37. The van der Waals surface area contributed by atoms with Crippen molar-refractivity contribution in [3.8, 4) is 0 Å². The second-order valence-electron chi connectivity index (χ2n) is 4.64. The van der Waals surface area contributed by atoms with Gasteiger partial charge in [-0.2, -0.15) is 0 Å². The van der Waals surface area contributed by atoms with Crippen LogP contribution in [0.1, 0.15) is 35.9 Å². The van der Waals surface area contributed by atoms with Gasteiger partial charge in [-0.25, -0.2) is 0 Å². The van der Waals surface area contributed by atoms with E-state index in [9.17, 15) is 0 Å². The summed E-state index contributed by atoms with van der Waals surface area (Å²) in [5.74, 6) is 0. The van der Waals surface area contributed by atoms with Gasteiger partial charge in [-0.3, -0.25) is 0 Å². The second-order valence-corrected chi connectivity index (χ2v) is 6.44. The number of rotatable bonds is 7. The van der Waals surface area contributed by atoms with Crippen molar-refractivity contribution in [3.63, 3.8) is 0 Å². The van der Waals surface area contributed by atoms with E-state index in [0.29, 0.717) is 12.6 Å². The van der Waals surface area contributed by atoms with E-state index in [2.05, 4.69) is 63.9 Å². The zero-order valence-corrected chi connectivity index (χ0v) is 14.3. The highest BCUT2D eigenvalue weighted by atomic mass is 79.9. The minimum atomic E-state index is 0.338. The standard InChI is InChI=1S/C16H20BrNOS/c1-3-19-11-14-7-5-4-6-13(14)10-18-12(2)16-15(17)8-9-20-16/h4-9,12,18H,3,10-11H2,1-2H3. The van der Waals surface area contributed by atoms with Crippen molar-refractivity contribution >= 4 is 27.3 Å². The summed E-state index contributed by atoms with van der Waals surface area (Å²) in [6, 6.07) is 10.9. The topological polar surface area (TPSA) is 21.3 Å². The quantitative estimate of drug-likeness (QED) is 0.764. The van der Waals surface area contributed by atoms with E-state index in [1.807, 2.05) is 6.92 Å². The molecule has 0 aliphatic heterocycles. The molecule has 2 nitrogen and oxygen atoms in total. The average Bonchev–Trinajstić information content (AvgIpc) is 2.89. The Morgan fingerprint density at radius 2 is 2.00 bits per heavy atom. The molecule has 1 N–H and O–H groups in total. The first-order chi connectivity index (χ1) is 9.72. The van der Waals surface area contributed by atoms with Gasteiger partial charge in [-0.1, -0.05) is 24.3 Å². The highest BCUT2D eigenvalue weighted by Crippen LogP contribution is 2.29. The van der Waals surface area contributed by atoms with Crippen LogP contribution < -0.4 is 5.32 Å². The van der Waals surface area contributed by atoms with Gasteiger partial charge in [-0.05, 0) is 52.4 Å². The summed E-state index contributed by atoms with van der Waals surface area (Å²) in [7, 11) is 0. The molecule has 0 saturated heterocycles. The number of nitrogens with one attached hydrogen (secondary N) is 1. The predicted octanol–water partition coefficient (Wildman–Crippen LogP) is 4.90. The van der Waals surface area contributed by atoms with Crippen LogP contribution >= 0.6 is 27.3 Å². The van der Waals surface area contributed by atoms with Gasteiger partial charge in [-0.15, -0.1) is 11.3 Å². The summed E-state index contributed by atoms with van der Waals surface area (Å²) in [4.78, 5) is 1.34. The number of hydrogen-bond acceptors (Lipinski definition) is 3. The Labute approximate surface area is 133 Å². The highest BCUT2D eigenvalue weighted by molar-refractivity contribution is 9.10. The lowest BCUT2D eigenvalue weighted by molar-refractivity contribution is 0.133. The number of benzene rings is 1. The second kappa shape index (κ2) is 7.93. The summed E-state index contributed by atoms with van der Waals surface area (Å²) in [6.45, 7) is 6.51. The first-order valence-electron chi connectivity index (χ1n) is 6.83. The molecule has 0 aliphatic rings. The Hall–Kier alpha value is -0.680. The molecule has 0 radical (unpaired) electrons. The van der Waals surface area contributed by atoms with E-state index >= 15 is 0 Å². The summed E-state index contributed by atoms with van der Waals surface area (Å²) in [5, 5.41) is 5.70. The fourth-order valence-corrected chi connectivity index (χ4v) is 3.80. The van der Waals surface area contributed by atoms with Gasteiger partial charge in [0.15, 0.2) is 0 Å². The van der Waals surface area contributed by atoms with Crippen molar-refractivity contribution < 1.29 is 4.74 Å². The Bertz CT molecular complexity index is 541. The molecule has 0 aliphatic carbocycles. The van der Waals surface area contributed by atoms with Gasteiger partial charge in [0.25, 0.3) is 0 Å². The Balaban J connectivity index is 1.98. The molecule has 0 bridgehead atoms. The van der Waals surface area contributed by atoms with Crippen LogP contribution in [0.4, 0.5) is 0 Å². The number of hydrogen-bond donors (Lipinski definition) is 1. The molecule has 0 spiro atoms. The van der Waals surface area contributed by atoms with Crippen molar-refractivity contribution in [1.29, 1.82) is 0 Å². The van der Waals surface area contributed by atoms with Crippen LogP contribution in [0.3, 0.4) is 0 Å². The normalized spacial score (nSPS) is 12.6. The van der Waals surface area contributed by atoms with E-state index in [-0.39, 0.29) is 0 Å². The number of ether oxygens (including phenoxy) is 1. The molecular formula is C16H20BrNOS. The lowest BCUT2D eigenvalue weighted by Crippen LogP contribution is -2.18. The van der Waals surface area contributed by atoms with Crippen molar-refractivity contribution in [2.45, 2.75) is 33.0 Å². The average molecular weight is 354 g/mol. The third-order valence-electron chi connectivity index (χ3n) is 3.22. The molecule has 1 heterocycles. The Morgan fingerprint density at radius 1 is 1.25 bits per heavy atom. The van der Waals surface area contributed by atoms with Crippen LogP contribution in [0.2, 0.25) is 0 Å². The Morgan fingerprint density at radius 3 is 2.65 bits per heavy atom. The lowest BCUT2D eigenvalue weighted by Gasteiger charge is -2.15. The van der Waals surface area contributed by atoms with Gasteiger partial charge >= 0.3 is 0 Å². The van der Waals surface area contributed by atoms with Gasteiger partial charge in [0.1, 0.15) is 0 Å². The third kappa shape index (κ3) is 4.16. The van der Waals surface area contributed by atoms with Gasteiger partial charge in [0, 0.05) is 28.5 Å². The Kier molecular flexibility index (Phi) is 6.23. The summed E-state index contributed by atoms with van der Waals surface area (Å²) < 4.78 is 6.71. The minimum absolute atomic E-state index is 0.338. The van der Waals surface area contributed by atoms with E-state index in [1.165, 1.54) is 20.5 Å². The molecule has 1 aromatic carbocycles. The predicted molar refractivity (Wildman–Crippen MR) is 89.0 cm³/mol. The van der Waals surface area contributed by atoms with Crippen LogP contribution in [0.25, 0.3) is 0 Å². The molecule has 0 saturated carbocycles. The molecule has 2 rings (SSSR count). The smallest absolute Gasteiger partial charge is 0.0719 e. The molecule has 2 aromatic rings. The van der Waals surface area contributed by atoms with E-state index in [0.717, 1.165) is 13.2 Å². The number of halogens is 1. The molecule has 1 unspecified atom stereocenters. The van der Waals surface area contributed by atoms with Crippen molar-refractivity contribution in [3.05, 3.63) is 56.2 Å². The fraction of sp³-hybridized carbons (Fsp3) is 0.375. The minimum Gasteiger partial charge on any atom is -0.377 e. The van der Waals surface area contributed by atoms with E-state index in [4.69, 9.17) is 4.74 Å². The monoisotopic (exact) mass is 353 g/mol. The van der Waals surface area contributed by atoms with Gasteiger partial charge < -0.3 is 10.1 Å². The molecule has 1 aromatic heterocycles. The molecule has 108 valence electrons. The molecule has 0 fully saturated rings. The highest BCUT2D eigenvalue weighted by Gasteiger charge is 2.11.